The summed E-state index contributed by atoms with van der Waals surface area (Å²) in [6, 6.07) is 20.9. The van der Waals surface area contributed by atoms with Gasteiger partial charge >= 0.3 is 10.1 Å². The van der Waals surface area contributed by atoms with Crippen LogP contribution in [0.4, 0.5) is 0 Å². The van der Waals surface area contributed by atoms with Crippen molar-refractivity contribution in [1.82, 2.24) is 9.66 Å². The molecule has 0 amide bonds. The van der Waals surface area contributed by atoms with Gasteiger partial charge in [-0.05, 0) is 48.5 Å². The van der Waals surface area contributed by atoms with Gasteiger partial charge in [-0.2, -0.15) is 8.42 Å². The van der Waals surface area contributed by atoms with Gasteiger partial charge in [-0.25, -0.2) is 9.66 Å². The summed E-state index contributed by atoms with van der Waals surface area (Å²) in [6.45, 7) is 0. The maximum Gasteiger partial charge on any atom is 0.339 e. The number of rotatable bonds is 4. The smallest absolute Gasteiger partial charge is 0.339 e. The second-order valence-corrected chi connectivity index (χ2v) is 7.55. The van der Waals surface area contributed by atoms with E-state index >= 15 is 0 Å². The Morgan fingerprint density at radius 1 is 0.857 bits per heavy atom. The van der Waals surface area contributed by atoms with Crippen molar-refractivity contribution in [2.24, 2.45) is 0 Å². The largest absolute Gasteiger partial charge is 0.379 e. The van der Waals surface area contributed by atoms with Gasteiger partial charge in [-0.3, -0.25) is 4.79 Å². The number of nitrogens with two attached hydrogens (primary N) is 1. The molecule has 0 radical (unpaired) electrons. The molecule has 28 heavy (non-hydrogen) atoms. The standard InChI is InChI=1S/C20H15N3O4S/c21-23-19(22-18-9-5-4-8-17(18)20(23)24)14-10-12-15(13-11-14)27-28(25,26)16-6-2-1-3-7-16/h1-13H,21H2. The lowest BCUT2D eigenvalue weighted by molar-refractivity contribution is 0.486. The first-order valence-corrected chi connectivity index (χ1v) is 9.73. The third kappa shape index (κ3) is 3.21. The molecular weight excluding hydrogens is 378 g/mol. The van der Waals surface area contributed by atoms with Gasteiger partial charge in [-0.15, -0.1) is 0 Å². The van der Waals surface area contributed by atoms with E-state index in [1.807, 2.05) is 0 Å². The van der Waals surface area contributed by atoms with Crippen molar-refractivity contribution >= 4 is 21.0 Å². The first-order chi connectivity index (χ1) is 13.5. The van der Waals surface area contributed by atoms with Gasteiger partial charge in [0, 0.05) is 5.56 Å². The summed E-state index contributed by atoms with van der Waals surface area (Å²) >= 11 is 0. The Hall–Kier alpha value is -3.65. The fourth-order valence-electron chi connectivity index (χ4n) is 2.77. The van der Waals surface area contributed by atoms with Gasteiger partial charge in [0.25, 0.3) is 5.56 Å². The zero-order valence-electron chi connectivity index (χ0n) is 14.5. The average molecular weight is 393 g/mol. The number of benzene rings is 3. The maximum atomic E-state index is 12.4. The summed E-state index contributed by atoms with van der Waals surface area (Å²) in [6.07, 6.45) is 0. The first-order valence-electron chi connectivity index (χ1n) is 8.32. The van der Waals surface area contributed by atoms with Crippen LogP contribution in [-0.2, 0) is 10.1 Å². The number of nitrogen functional groups attached to an aromatic ring is 1. The number of aromatic nitrogens is 2. The molecule has 4 rings (SSSR count). The molecule has 7 nitrogen and oxygen atoms in total. The Kier molecular flexibility index (Phi) is 4.32. The highest BCUT2D eigenvalue weighted by Crippen LogP contribution is 2.23. The van der Waals surface area contributed by atoms with E-state index in [0.29, 0.717) is 16.5 Å². The van der Waals surface area contributed by atoms with E-state index in [0.717, 1.165) is 4.68 Å². The lowest BCUT2D eigenvalue weighted by Gasteiger charge is -2.10. The molecule has 2 N–H and O–H groups in total. The van der Waals surface area contributed by atoms with Gasteiger partial charge in [-0.1, -0.05) is 30.3 Å². The van der Waals surface area contributed by atoms with Crippen molar-refractivity contribution < 1.29 is 12.6 Å². The van der Waals surface area contributed by atoms with Gasteiger partial charge in [0.15, 0.2) is 5.82 Å². The normalized spacial score (nSPS) is 11.4. The van der Waals surface area contributed by atoms with Crippen molar-refractivity contribution in [2.75, 3.05) is 5.84 Å². The van der Waals surface area contributed by atoms with Crippen molar-refractivity contribution in [1.29, 1.82) is 0 Å². The van der Waals surface area contributed by atoms with Gasteiger partial charge in [0.05, 0.1) is 10.9 Å². The highest BCUT2D eigenvalue weighted by molar-refractivity contribution is 7.87. The molecule has 0 aliphatic rings. The molecule has 0 unspecified atom stereocenters. The van der Waals surface area contributed by atoms with Crippen molar-refractivity contribution in [3.63, 3.8) is 0 Å². The molecule has 0 aliphatic heterocycles. The molecule has 0 aliphatic carbocycles. The van der Waals surface area contributed by atoms with E-state index in [1.54, 1.807) is 54.6 Å². The zero-order chi connectivity index (χ0) is 19.7. The van der Waals surface area contributed by atoms with E-state index in [1.165, 1.54) is 24.3 Å². The van der Waals surface area contributed by atoms with E-state index in [4.69, 9.17) is 10.0 Å². The molecule has 8 heteroatoms. The predicted octanol–water partition coefficient (Wildman–Crippen LogP) is 2.55. The van der Waals surface area contributed by atoms with Crippen LogP contribution in [0, 0.1) is 0 Å². The van der Waals surface area contributed by atoms with Gasteiger partial charge in [0.2, 0.25) is 0 Å². The summed E-state index contributed by atoms with van der Waals surface area (Å²) in [5.41, 5.74) is 0.707. The van der Waals surface area contributed by atoms with Crippen LogP contribution < -0.4 is 15.6 Å². The Morgan fingerprint density at radius 3 is 2.21 bits per heavy atom. The van der Waals surface area contributed by atoms with Crippen LogP contribution in [-0.4, -0.2) is 18.1 Å². The Labute approximate surface area is 160 Å². The lowest BCUT2D eigenvalue weighted by atomic mass is 10.2. The first kappa shape index (κ1) is 17.7. The van der Waals surface area contributed by atoms with Crippen LogP contribution in [0.2, 0.25) is 0 Å². The van der Waals surface area contributed by atoms with Crippen LogP contribution in [0.3, 0.4) is 0 Å². The molecule has 0 saturated carbocycles. The minimum atomic E-state index is -3.93. The minimum absolute atomic E-state index is 0.0612. The van der Waals surface area contributed by atoms with Crippen LogP contribution in [0.15, 0.2) is 88.6 Å². The Morgan fingerprint density at radius 2 is 1.50 bits per heavy atom. The highest BCUT2D eigenvalue weighted by Gasteiger charge is 2.16. The van der Waals surface area contributed by atoms with Crippen molar-refractivity contribution in [3.05, 3.63) is 89.2 Å². The Balaban J connectivity index is 1.69. The third-order valence-electron chi connectivity index (χ3n) is 4.16. The van der Waals surface area contributed by atoms with E-state index in [2.05, 4.69) is 4.98 Å². The number of hydrogen-bond acceptors (Lipinski definition) is 6. The van der Waals surface area contributed by atoms with Crippen molar-refractivity contribution in [2.45, 2.75) is 4.90 Å². The quantitative estimate of drug-likeness (QED) is 0.422. The molecule has 140 valence electrons. The second-order valence-electron chi connectivity index (χ2n) is 6.00. The fraction of sp³-hybridized carbons (Fsp3) is 0. The Bertz CT molecular complexity index is 1320. The number of para-hydroxylation sites is 1. The summed E-state index contributed by atoms with van der Waals surface area (Å²) in [4.78, 5) is 16.9. The number of fused-ring (bicyclic) bond motifs is 1. The predicted molar refractivity (Wildman–Crippen MR) is 106 cm³/mol. The van der Waals surface area contributed by atoms with Gasteiger partial charge < -0.3 is 10.0 Å². The lowest BCUT2D eigenvalue weighted by Crippen LogP contribution is -2.29. The summed E-state index contributed by atoms with van der Waals surface area (Å²) in [5.74, 6) is 6.31. The third-order valence-corrected chi connectivity index (χ3v) is 5.42. The van der Waals surface area contributed by atoms with E-state index < -0.39 is 10.1 Å². The molecular formula is C20H15N3O4S. The molecule has 1 heterocycles. The van der Waals surface area contributed by atoms with Crippen molar-refractivity contribution in [3.8, 4) is 17.1 Å². The second kappa shape index (κ2) is 6.82. The number of nitrogens with zero attached hydrogens (tertiary/aromatic N) is 2. The van der Waals surface area contributed by atoms with Crippen LogP contribution in [0.1, 0.15) is 0 Å². The zero-order valence-corrected chi connectivity index (χ0v) is 15.3. The van der Waals surface area contributed by atoms with E-state index in [9.17, 15) is 13.2 Å². The number of hydrogen-bond donors (Lipinski definition) is 1. The van der Waals surface area contributed by atoms with E-state index in [-0.39, 0.29) is 22.0 Å². The highest BCUT2D eigenvalue weighted by atomic mass is 32.2. The molecule has 3 aromatic carbocycles. The molecule has 4 aromatic rings. The summed E-state index contributed by atoms with van der Waals surface area (Å²) < 4.78 is 30.7. The molecule has 0 spiro atoms. The molecule has 0 bridgehead atoms. The average Bonchev–Trinajstić information content (AvgIpc) is 2.72. The molecule has 1 aromatic heterocycles. The fourth-order valence-corrected chi connectivity index (χ4v) is 3.72. The van der Waals surface area contributed by atoms with Crippen LogP contribution >= 0.6 is 0 Å². The topological polar surface area (TPSA) is 104 Å². The monoisotopic (exact) mass is 393 g/mol. The van der Waals surface area contributed by atoms with Crippen LogP contribution in [0.5, 0.6) is 5.75 Å². The maximum absolute atomic E-state index is 12.4. The van der Waals surface area contributed by atoms with Gasteiger partial charge in [0.1, 0.15) is 10.6 Å². The SMILES string of the molecule is Nn1c(-c2ccc(OS(=O)(=O)c3ccccc3)cc2)nc2ccccc2c1=O. The van der Waals surface area contributed by atoms with Crippen LogP contribution in [0.25, 0.3) is 22.3 Å². The molecule has 0 atom stereocenters. The molecule has 0 saturated heterocycles. The summed E-state index contributed by atoms with van der Waals surface area (Å²) in [5, 5.41) is 0.419. The minimum Gasteiger partial charge on any atom is -0.379 e. The summed E-state index contributed by atoms with van der Waals surface area (Å²) in [7, 11) is -3.93. The molecule has 0 fully saturated rings.